The second-order valence-electron chi connectivity index (χ2n) is 7.04. The fourth-order valence-corrected chi connectivity index (χ4v) is 3.21. The van der Waals surface area contributed by atoms with Crippen molar-refractivity contribution in [3.63, 3.8) is 0 Å². The van der Waals surface area contributed by atoms with Crippen molar-refractivity contribution in [1.82, 2.24) is 10.2 Å². The number of methoxy groups -OCH3 is 1. The van der Waals surface area contributed by atoms with E-state index >= 15 is 0 Å². The van der Waals surface area contributed by atoms with E-state index in [-0.39, 0.29) is 24.3 Å². The van der Waals surface area contributed by atoms with Crippen LogP contribution >= 0.6 is 0 Å². The van der Waals surface area contributed by atoms with Crippen molar-refractivity contribution < 1.29 is 24.0 Å². The Kier molecular flexibility index (Phi) is 7.79. The van der Waals surface area contributed by atoms with Gasteiger partial charge in [0.1, 0.15) is 6.04 Å². The minimum Gasteiger partial charge on any atom is -0.467 e. The molecule has 2 rings (SSSR count). The summed E-state index contributed by atoms with van der Waals surface area (Å²) in [6, 6.07) is 8.61. The highest BCUT2D eigenvalue weighted by atomic mass is 16.5. The molecule has 148 valence electrons. The Balaban J connectivity index is 1.83. The van der Waals surface area contributed by atoms with Crippen LogP contribution in [0.5, 0.6) is 0 Å². The van der Waals surface area contributed by atoms with E-state index in [2.05, 4.69) is 5.32 Å². The molecule has 2 atom stereocenters. The highest BCUT2D eigenvalue weighted by molar-refractivity contribution is 5.94. The molecule has 1 fully saturated rings. The highest BCUT2D eigenvalue weighted by Crippen LogP contribution is 2.09. The van der Waals surface area contributed by atoms with Crippen LogP contribution < -0.4 is 10.2 Å². The van der Waals surface area contributed by atoms with Gasteiger partial charge in [0, 0.05) is 5.56 Å². The molecule has 0 saturated carbocycles. The summed E-state index contributed by atoms with van der Waals surface area (Å²) >= 11 is 0. The summed E-state index contributed by atoms with van der Waals surface area (Å²) in [7, 11) is 1.33. The topological polar surface area (TPSA) is 80.2 Å². The molecule has 7 heteroatoms. The number of piperazine rings is 1. The van der Waals surface area contributed by atoms with Crippen LogP contribution in [0, 0.1) is 5.92 Å². The first-order valence-electron chi connectivity index (χ1n) is 9.51. The first-order chi connectivity index (χ1) is 13.0. The molecule has 7 nitrogen and oxygen atoms in total. The third kappa shape index (κ3) is 5.79. The normalized spacial score (nSPS) is 17.1. The number of carbonyl (C=O) groups is 3. The smallest absolute Gasteiger partial charge is 0.328 e. The number of ether oxygens (including phenoxy) is 1. The predicted molar refractivity (Wildman–Crippen MR) is 101 cm³/mol. The molecule has 27 heavy (non-hydrogen) atoms. The van der Waals surface area contributed by atoms with E-state index in [0.717, 1.165) is 11.3 Å². The van der Waals surface area contributed by atoms with Crippen LogP contribution in [0.1, 0.15) is 30.6 Å². The van der Waals surface area contributed by atoms with Crippen molar-refractivity contribution in [3.8, 4) is 0 Å². The Hall–Kier alpha value is -2.41. The Morgan fingerprint density at radius 1 is 1.19 bits per heavy atom. The van der Waals surface area contributed by atoms with E-state index in [9.17, 15) is 14.4 Å². The lowest BCUT2D eigenvalue weighted by molar-refractivity contribution is -0.896. The minimum atomic E-state index is -0.618. The number of amides is 2. The molecule has 1 aromatic rings. The van der Waals surface area contributed by atoms with Gasteiger partial charge in [-0.1, -0.05) is 38.5 Å². The van der Waals surface area contributed by atoms with E-state index in [1.54, 1.807) is 0 Å². The van der Waals surface area contributed by atoms with Crippen LogP contribution in [-0.2, 0) is 14.3 Å². The molecule has 1 heterocycles. The average Bonchev–Trinajstić information content (AvgIpc) is 2.71. The summed E-state index contributed by atoms with van der Waals surface area (Å²) < 4.78 is 4.80. The predicted octanol–water partition coefficient (Wildman–Crippen LogP) is -0.269. The number of hydrogen-bond donors (Lipinski definition) is 2. The molecule has 1 aliphatic rings. The highest BCUT2D eigenvalue weighted by Gasteiger charge is 2.30. The number of hydrogen-bond acceptors (Lipinski definition) is 4. The van der Waals surface area contributed by atoms with Crippen LogP contribution in [0.3, 0.4) is 0 Å². The van der Waals surface area contributed by atoms with E-state index in [1.807, 2.05) is 49.1 Å². The van der Waals surface area contributed by atoms with Gasteiger partial charge >= 0.3 is 5.97 Å². The van der Waals surface area contributed by atoms with Crippen molar-refractivity contribution in [3.05, 3.63) is 35.9 Å². The quantitative estimate of drug-likeness (QED) is 0.642. The molecule has 1 aliphatic heterocycles. The van der Waals surface area contributed by atoms with Gasteiger partial charge in [0.05, 0.1) is 33.3 Å². The summed E-state index contributed by atoms with van der Waals surface area (Å²) in [5.74, 6) is -0.534. The van der Waals surface area contributed by atoms with Gasteiger partial charge in [0.15, 0.2) is 6.54 Å². The molecule has 0 aliphatic carbocycles. The minimum absolute atomic E-state index is 0.0109. The number of esters is 1. The van der Waals surface area contributed by atoms with Crippen LogP contribution in [0.2, 0.25) is 0 Å². The van der Waals surface area contributed by atoms with E-state index in [1.165, 1.54) is 7.11 Å². The van der Waals surface area contributed by atoms with Crippen molar-refractivity contribution in [2.45, 2.75) is 26.3 Å². The molecule has 0 aromatic heterocycles. The molecule has 0 unspecified atom stereocenters. The first-order valence-corrected chi connectivity index (χ1v) is 9.51. The van der Waals surface area contributed by atoms with Gasteiger partial charge in [-0.05, 0) is 18.1 Å². The largest absolute Gasteiger partial charge is 0.467 e. The lowest BCUT2D eigenvalue weighted by Gasteiger charge is -2.32. The number of benzene rings is 1. The van der Waals surface area contributed by atoms with Crippen LogP contribution in [0.4, 0.5) is 0 Å². The number of quaternary nitrogens is 1. The second-order valence-corrected chi connectivity index (χ2v) is 7.04. The van der Waals surface area contributed by atoms with Gasteiger partial charge in [0.2, 0.25) is 0 Å². The number of rotatable bonds is 7. The summed E-state index contributed by atoms with van der Waals surface area (Å²) in [6.07, 6.45) is 0.771. The number of carbonyl (C=O) groups excluding carboxylic acids is 3. The van der Waals surface area contributed by atoms with Crippen molar-refractivity contribution in [1.29, 1.82) is 0 Å². The standard InChI is InChI=1S/C20H29N3O4/c1-4-15(2)18(20(26)27-3)21-17(24)14-22-10-12-23(13-11-22)19(25)16-8-6-5-7-9-16/h5-9,15,18H,4,10-14H2,1-3H3,(H,21,24)/p+1/t15-,18-/m1/s1. The van der Waals surface area contributed by atoms with Crippen molar-refractivity contribution in [2.24, 2.45) is 5.92 Å². The third-order valence-electron chi connectivity index (χ3n) is 5.17. The van der Waals surface area contributed by atoms with Crippen LogP contribution in [0.25, 0.3) is 0 Å². The summed E-state index contributed by atoms with van der Waals surface area (Å²) in [4.78, 5) is 39.7. The Bertz CT molecular complexity index is 642. The summed E-state index contributed by atoms with van der Waals surface area (Å²) in [6.45, 7) is 6.82. The molecule has 0 radical (unpaired) electrons. The van der Waals surface area contributed by atoms with Gasteiger partial charge in [-0.25, -0.2) is 4.79 Å². The molecule has 1 saturated heterocycles. The third-order valence-corrected chi connectivity index (χ3v) is 5.17. The zero-order valence-electron chi connectivity index (χ0n) is 16.4. The van der Waals surface area contributed by atoms with E-state index in [0.29, 0.717) is 31.7 Å². The Labute approximate surface area is 160 Å². The Morgan fingerprint density at radius 3 is 2.37 bits per heavy atom. The lowest BCUT2D eigenvalue weighted by atomic mass is 9.99. The molecule has 2 amide bonds. The van der Waals surface area contributed by atoms with Crippen molar-refractivity contribution in [2.75, 3.05) is 39.8 Å². The maximum Gasteiger partial charge on any atom is 0.328 e. The van der Waals surface area contributed by atoms with Gasteiger partial charge in [-0.15, -0.1) is 0 Å². The maximum absolute atomic E-state index is 12.5. The second kappa shape index (κ2) is 10.1. The zero-order valence-corrected chi connectivity index (χ0v) is 16.4. The van der Waals surface area contributed by atoms with Gasteiger partial charge < -0.3 is 19.9 Å². The van der Waals surface area contributed by atoms with Crippen molar-refractivity contribution >= 4 is 17.8 Å². The SMILES string of the molecule is CC[C@@H](C)[C@@H](NC(=O)C[NH+]1CCN(C(=O)c2ccccc2)CC1)C(=O)OC. The number of nitrogens with one attached hydrogen (secondary N) is 2. The lowest BCUT2D eigenvalue weighted by Crippen LogP contribution is -3.16. The number of nitrogens with zero attached hydrogens (tertiary/aromatic N) is 1. The summed E-state index contributed by atoms with van der Waals surface area (Å²) in [5.41, 5.74) is 0.688. The average molecular weight is 376 g/mol. The monoisotopic (exact) mass is 376 g/mol. The summed E-state index contributed by atoms with van der Waals surface area (Å²) in [5, 5.41) is 2.81. The van der Waals surface area contributed by atoms with Gasteiger partial charge in [0.25, 0.3) is 11.8 Å². The Morgan fingerprint density at radius 2 is 1.81 bits per heavy atom. The zero-order chi connectivity index (χ0) is 19.8. The van der Waals surface area contributed by atoms with E-state index in [4.69, 9.17) is 4.74 Å². The molecule has 1 aromatic carbocycles. The molecular formula is C20H30N3O4+. The molecule has 0 bridgehead atoms. The maximum atomic E-state index is 12.5. The molecule has 2 N–H and O–H groups in total. The van der Waals surface area contributed by atoms with Crippen LogP contribution in [-0.4, -0.2) is 68.6 Å². The molecular weight excluding hydrogens is 346 g/mol. The fourth-order valence-electron chi connectivity index (χ4n) is 3.21. The first kappa shape index (κ1) is 20.9. The van der Waals surface area contributed by atoms with Gasteiger partial charge in [-0.2, -0.15) is 0 Å². The van der Waals surface area contributed by atoms with Crippen LogP contribution in [0.15, 0.2) is 30.3 Å². The van der Waals surface area contributed by atoms with E-state index < -0.39 is 12.0 Å². The van der Waals surface area contributed by atoms with Gasteiger partial charge in [-0.3, -0.25) is 9.59 Å². The fraction of sp³-hybridized carbons (Fsp3) is 0.550. The molecule has 0 spiro atoms.